The van der Waals surface area contributed by atoms with Gasteiger partial charge in [-0.15, -0.1) is 0 Å². The first-order chi connectivity index (χ1) is 24.9. The minimum Gasteiger partial charge on any atom is -0.348 e. The van der Waals surface area contributed by atoms with Crippen LogP contribution < -0.4 is 32.7 Å². The number of unbranched alkanes of at least 4 members (excludes halogenated alkanes) is 1. The summed E-state index contributed by atoms with van der Waals surface area (Å²) in [6.45, 7) is 7.08. The first-order valence-corrected chi connectivity index (χ1v) is 18.2. The van der Waals surface area contributed by atoms with Gasteiger partial charge in [0.15, 0.2) is 0 Å². The molecule has 1 saturated heterocycles. The second-order valence-corrected chi connectivity index (χ2v) is 13.6. The van der Waals surface area contributed by atoms with Gasteiger partial charge < -0.3 is 42.5 Å². The van der Waals surface area contributed by atoms with Gasteiger partial charge in [0, 0.05) is 39.1 Å². The molecule has 1 aliphatic rings. The quantitative estimate of drug-likeness (QED) is 0.0926. The molecule has 1 fully saturated rings. The molecule has 284 valence electrons. The third-order valence-electron chi connectivity index (χ3n) is 8.86. The van der Waals surface area contributed by atoms with Crippen LogP contribution in [0.15, 0.2) is 60.7 Å². The van der Waals surface area contributed by atoms with Gasteiger partial charge in [0.1, 0.15) is 18.1 Å². The van der Waals surface area contributed by atoms with Crippen molar-refractivity contribution in [2.75, 3.05) is 39.3 Å². The molecular weight excluding hydrogens is 664 g/mol. The predicted molar refractivity (Wildman–Crippen MR) is 198 cm³/mol. The normalized spacial score (nSPS) is 15.2. The number of hydrogen-bond acceptors (Lipinski definition) is 8. The molecule has 4 atom stereocenters. The van der Waals surface area contributed by atoms with E-state index in [1.807, 2.05) is 74.5 Å². The van der Waals surface area contributed by atoms with Crippen LogP contribution in [0.2, 0.25) is 0 Å². The smallest absolute Gasteiger partial charge is 0.312 e. The maximum atomic E-state index is 13.9. The summed E-state index contributed by atoms with van der Waals surface area (Å²) in [5, 5.41) is 11.1. The Morgan fingerprint density at radius 3 is 1.77 bits per heavy atom. The second kappa shape index (κ2) is 21.5. The number of nitrogens with zero attached hydrogens (tertiary/aromatic N) is 2. The number of hydrogen-bond donors (Lipinski definition) is 6. The fraction of sp³-hybridized carbons (Fsp3) is 0.526. The summed E-state index contributed by atoms with van der Waals surface area (Å²) in [5.74, 6) is -3.22. The average molecular weight is 721 g/mol. The molecule has 0 bridgehead atoms. The van der Waals surface area contributed by atoms with Crippen LogP contribution in [-0.2, 0) is 41.6 Å². The topological polar surface area (TPSA) is 209 Å². The highest BCUT2D eigenvalue weighted by atomic mass is 16.2. The number of likely N-dealkylation sites (N-methyl/N-ethyl adjacent to an activating group) is 1. The molecule has 1 aliphatic heterocycles. The van der Waals surface area contributed by atoms with Crippen molar-refractivity contribution >= 4 is 35.4 Å². The number of benzene rings is 2. The number of carbonyl (C=O) groups is 6. The number of nitrogens with two attached hydrogens (primary N) is 2. The molecule has 8 N–H and O–H groups in total. The molecule has 0 unspecified atom stereocenters. The predicted octanol–water partition coefficient (Wildman–Crippen LogP) is 0.236. The fourth-order valence-electron chi connectivity index (χ4n) is 6.03. The van der Waals surface area contributed by atoms with Gasteiger partial charge in [0.25, 0.3) is 0 Å². The van der Waals surface area contributed by atoms with Gasteiger partial charge in [-0.05, 0) is 62.6 Å². The highest BCUT2D eigenvalue weighted by molar-refractivity contribution is 6.35. The Balaban J connectivity index is 1.74. The van der Waals surface area contributed by atoms with Crippen molar-refractivity contribution in [2.24, 2.45) is 17.4 Å². The number of piperazine rings is 1. The van der Waals surface area contributed by atoms with E-state index in [-0.39, 0.29) is 57.3 Å². The Labute approximate surface area is 306 Å². The van der Waals surface area contributed by atoms with Crippen molar-refractivity contribution in [2.45, 2.75) is 83.5 Å². The van der Waals surface area contributed by atoms with Gasteiger partial charge in [-0.3, -0.25) is 28.8 Å². The van der Waals surface area contributed by atoms with Crippen molar-refractivity contribution in [1.29, 1.82) is 0 Å². The molecule has 0 aromatic heterocycles. The van der Waals surface area contributed by atoms with Gasteiger partial charge in [-0.25, -0.2) is 0 Å². The van der Waals surface area contributed by atoms with Crippen molar-refractivity contribution < 1.29 is 28.8 Å². The zero-order chi connectivity index (χ0) is 38.0. The summed E-state index contributed by atoms with van der Waals surface area (Å²) in [7, 11) is 0. The van der Waals surface area contributed by atoms with Crippen LogP contribution in [0.25, 0.3) is 0 Å². The average Bonchev–Trinajstić information content (AvgIpc) is 3.14. The van der Waals surface area contributed by atoms with Crippen LogP contribution >= 0.6 is 0 Å². The number of carbonyl (C=O) groups excluding carboxylic acids is 6. The molecule has 2 aromatic carbocycles. The lowest BCUT2D eigenvalue weighted by Gasteiger charge is -2.36. The minimum atomic E-state index is -1.03. The van der Waals surface area contributed by atoms with Crippen molar-refractivity contribution in [3.63, 3.8) is 0 Å². The summed E-state index contributed by atoms with van der Waals surface area (Å²) < 4.78 is 0. The Hall–Kier alpha value is -4.82. The Kier molecular flexibility index (Phi) is 17.2. The van der Waals surface area contributed by atoms with Crippen molar-refractivity contribution in [3.05, 3.63) is 71.8 Å². The lowest BCUT2D eigenvalue weighted by Crippen LogP contribution is -2.60. The zero-order valence-electron chi connectivity index (χ0n) is 30.6. The number of nitrogens with one attached hydrogen (secondary N) is 4. The molecule has 0 saturated carbocycles. The third kappa shape index (κ3) is 13.4. The van der Waals surface area contributed by atoms with Crippen molar-refractivity contribution in [3.8, 4) is 0 Å². The monoisotopic (exact) mass is 720 g/mol. The lowest BCUT2D eigenvalue weighted by atomic mass is 9.99. The summed E-state index contributed by atoms with van der Waals surface area (Å²) in [6, 6.07) is 14.7. The van der Waals surface area contributed by atoms with E-state index in [1.54, 1.807) is 11.8 Å². The van der Waals surface area contributed by atoms with Crippen LogP contribution in [0.4, 0.5) is 0 Å². The Morgan fingerprint density at radius 2 is 1.21 bits per heavy atom. The molecule has 14 heteroatoms. The maximum absolute atomic E-state index is 13.9. The standard InChI is InChI=1S/C38H56N8O6/c1-4-41-36(50)38(52)46-21-19-45(20-22-46)37(51)30(17-11-12-18-39)42-34(48)31(23-26(2)3)44-35(49)32(25-28-15-9-6-10-16-28)43-33(47)29(40)24-27-13-7-5-8-14-27/h5-10,13-16,26,29-32H,4,11-12,17-25,39-40H2,1-3H3,(H,41,50)(H,42,48)(H,43,47)(H,44,49)/t29-,30-,31-,32-/m1/s1. The fourth-order valence-corrected chi connectivity index (χ4v) is 6.03. The van der Waals surface area contributed by atoms with E-state index >= 15 is 0 Å². The number of amides is 6. The molecule has 1 heterocycles. The van der Waals surface area contributed by atoms with Gasteiger partial charge in [-0.1, -0.05) is 74.5 Å². The lowest BCUT2D eigenvalue weighted by molar-refractivity contribution is -0.149. The van der Waals surface area contributed by atoms with Crippen LogP contribution in [0, 0.1) is 5.92 Å². The highest BCUT2D eigenvalue weighted by Crippen LogP contribution is 2.13. The second-order valence-electron chi connectivity index (χ2n) is 13.6. The summed E-state index contributed by atoms with van der Waals surface area (Å²) in [4.78, 5) is 82.4. The Bertz CT molecular complexity index is 1470. The van der Waals surface area contributed by atoms with Crippen molar-refractivity contribution in [1.82, 2.24) is 31.1 Å². The molecule has 6 amide bonds. The molecule has 0 radical (unpaired) electrons. The summed E-state index contributed by atoms with van der Waals surface area (Å²) >= 11 is 0. The van der Waals surface area contributed by atoms with Gasteiger partial charge in [-0.2, -0.15) is 0 Å². The van der Waals surface area contributed by atoms with E-state index in [4.69, 9.17) is 11.5 Å². The molecule has 0 aliphatic carbocycles. The van der Waals surface area contributed by atoms with E-state index < -0.39 is 53.7 Å². The molecule has 2 aromatic rings. The van der Waals surface area contributed by atoms with E-state index in [0.717, 1.165) is 11.1 Å². The highest BCUT2D eigenvalue weighted by Gasteiger charge is 2.34. The zero-order valence-corrected chi connectivity index (χ0v) is 30.6. The SMILES string of the molecule is CCNC(=O)C(=O)N1CCN(C(=O)[C@@H](CCCCN)NC(=O)[C@@H](CC(C)C)NC(=O)[C@@H](Cc2ccccc2)NC(=O)[C@H](N)Cc2ccccc2)CC1. The van der Waals surface area contributed by atoms with E-state index in [1.165, 1.54) is 4.90 Å². The Morgan fingerprint density at radius 1 is 0.692 bits per heavy atom. The summed E-state index contributed by atoms with van der Waals surface area (Å²) in [5.41, 5.74) is 13.7. The van der Waals surface area contributed by atoms with Crippen LogP contribution in [0.3, 0.4) is 0 Å². The van der Waals surface area contributed by atoms with Gasteiger partial charge in [0.05, 0.1) is 6.04 Å². The first-order valence-electron chi connectivity index (χ1n) is 18.2. The largest absolute Gasteiger partial charge is 0.348 e. The molecule has 52 heavy (non-hydrogen) atoms. The third-order valence-corrected chi connectivity index (χ3v) is 8.86. The molecule has 0 spiro atoms. The molecular formula is C38H56N8O6. The van der Waals surface area contributed by atoms with E-state index in [2.05, 4.69) is 21.3 Å². The van der Waals surface area contributed by atoms with Gasteiger partial charge >= 0.3 is 11.8 Å². The number of rotatable bonds is 18. The minimum absolute atomic E-state index is 0.000534. The van der Waals surface area contributed by atoms with Gasteiger partial charge in [0.2, 0.25) is 23.6 Å². The van der Waals surface area contributed by atoms with Crippen LogP contribution in [-0.4, -0.2) is 109 Å². The van der Waals surface area contributed by atoms with Crippen LogP contribution in [0.5, 0.6) is 0 Å². The van der Waals surface area contributed by atoms with Crippen LogP contribution in [0.1, 0.15) is 57.6 Å². The van der Waals surface area contributed by atoms with E-state index in [0.29, 0.717) is 32.4 Å². The first kappa shape index (κ1) is 41.6. The summed E-state index contributed by atoms with van der Waals surface area (Å²) in [6.07, 6.45) is 2.28. The maximum Gasteiger partial charge on any atom is 0.312 e. The van der Waals surface area contributed by atoms with E-state index in [9.17, 15) is 28.8 Å². The molecule has 14 nitrogen and oxygen atoms in total. The molecule has 3 rings (SSSR count).